The molecule has 37 heavy (non-hydrogen) atoms. The molecule has 3 atom stereocenters. The molecule has 16 heteroatoms. The summed E-state index contributed by atoms with van der Waals surface area (Å²) in [4.78, 5) is 22.5. The molecule has 2 bridgehead atoms. The molecule has 200 valence electrons. The van der Waals surface area contributed by atoms with E-state index in [0.29, 0.717) is 25.8 Å². The summed E-state index contributed by atoms with van der Waals surface area (Å²) in [6.45, 7) is 0.544. The second kappa shape index (κ2) is 8.37. The first kappa shape index (κ1) is 25.4. The van der Waals surface area contributed by atoms with Crippen LogP contribution in [0.15, 0.2) is 22.1 Å². The van der Waals surface area contributed by atoms with Crippen molar-refractivity contribution in [3.63, 3.8) is 0 Å². The summed E-state index contributed by atoms with van der Waals surface area (Å²) >= 11 is 0.985. The molecular formula is C21H18F6N4O5S. The number of aliphatic hydroxyl groups is 1. The highest BCUT2D eigenvalue weighted by Crippen LogP contribution is 2.49. The van der Waals surface area contributed by atoms with Crippen LogP contribution in [0.4, 0.5) is 37.2 Å². The zero-order valence-electron chi connectivity index (χ0n) is 18.8. The van der Waals surface area contributed by atoms with Gasteiger partial charge in [-0.1, -0.05) is 0 Å². The Morgan fingerprint density at radius 3 is 2.35 bits per heavy atom. The molecule has 1 aromatic carbocycles. The molecule has 0 aliphatic carbocycles. The van der Waals surface area contributed by atoms with E-state index in [4.69, 9.17) is 4.42 Å². The Morgan fingerprint density at radius 2 is 1.84 bits per heavy atom. The molecule has 2 aliphatic heterocycles. The maximum Gasteiger partial charge on any atom is 0.573 e. The molecule has 9 nitrogen and oxygen atoms in total. The van der Waals surface area contributed by atoms with E-state index in [-0.39, 0.29) is 35.3 Å². The van der Waals surface area contributed by atoms with Gasteiger partial charge >= 0.3 is 18.6 Å². The van der Waals surface area contributed by atoms with Crippen molar-refractivity contribution in [2.45, 2.75) is 50.0 Å². The maximum atomic E-state index is 13.8. The standard InChI is InChI=1S/C21H18F6N4O5S/c1-19(34,20(22,23)24)12-6-11(16-28-4-5-37-16)14-13(15(12)36-21(25,26)27)29-17(35-14)30-7-9-2-3-10(8-30)31(9)18(32)33/h4-6,9-10,34H,2-3,7-8H2,1H3,(H,32,33). The molecule has 2 N–H and O–H groups in total. The summed E-state index contributed by atoms with van der Waals surface area (Å²) in [6.07, 6.45) is -9.44. The number of hydrogen-bond donors (Lipinski definition) is 2. The summed E-state index contributed by atoms with van der Waals surface area (Å²) in [7, 11) is 0. The number of hydrogen-bond acceptors (Lipinski definition) is 8. The quantitative estimate of drug-likeness (QED) is 0.438. The van der Waals surface area contributed by atoms with Crippen LogP contribution in [0.5, 0.6) is 5.75 Å². The molecular weight excluding hydrogens is 534 g/mol. The summed E-state index contributed by atoms with van der Waals surface area (Å²) in [5.41, 5.74) is -6.10. The lowest BCUT2D eigenvalue weighted by molar-refractivity contribution is -0.280. The first-order chi connectivity index (χ1) is 17.2. The van der Waals surface area contributed by atoms with Gasteiger partial charge in [-0.2, -0.15) is 18.2 Å². The van der Waals surface area contributed by atoms with E-state index >= 15 is 0 Å². The number of nitrogens with zero attached hydrogens (tertiary/aromatic N) is 4. The molecule has 1 amide bonds. The van der Waals surface area contributed by atoms with E-state index < -0.39 is 53.1 Å². The van der Waals surface area contributed by atoms with E-state index in [1.54, 1.807) is 0 Å². The summed E-state index contributed by atoms with van der Waals surface area (Å²) in [5, 5.41) is 21.5. The van der Waals surface area contributed by atoms with Crippen molar-refractivity contribution in [1.29, 1.82) is 0 Å². The number of oxazole rings is 1. The molecule has 4 heterocycles. The highest BCUT2D eigenvalue weighted by atomic mass is 32.1. The number of aromatic nitrogens is 2. The topological polar surface area (TPSA) is 112 Å². The lowest BCUT2D eigenvalue weighted by Crippen LogP contribution is -2.55. The molecule has 2 aromatic heterocycles. The highest BCUT2D eigenvalue weighted by molar-refractivity contribution is 7.13. The van der Waals surface area contributed by atoms with E-state index in [2.05, 4.69) is 14.7 Å². The Hall–Kier alpha value is -3.27. The fraction of sp³-hybridized carbons (Fsp3) is 0.476. The number of thiazole rings is 1. The Kier molecular flexibility index (Phi) is 5.74. The molecule has 0 spiro atoms. The number of carbonyl (C=O) groups is 1. The number of anilines is 1. The Labute approximate surface area is 207 Å². The van der Waals surface area contributed by atoms with Gasteiger partial charge in [-0.15, -0.1) is 24.5 Å². The molecule has 3 unspecified atom stereocenters. The third kappa shape index (κ3) is 4.31. The number of amides is 1. The average Bonchev–Trinajstić information content (AvgIpc) is 3.50. The number of carboxylic acid groups (broad SMARTS) is 1. The molecule has 2 saturated heterocycles. The van der Waals surface area contributed by atoms with Crippen LogP contribution in [-0.4, -0.2) is 68.9 Å². The lowest BCUT2D eigenvalue weighted by Gasteiger charge is -2.38. The minimum atomic E-state index is -5.42. The molecule has 5 rings (SSSR count). The number of piperazine rings is 1. The van der Waals surface area contributed by atoms with Crippen LogP contribution >= 0.6 is 11.3 Å². The van der Waals surface area contributed by atoms with Gasteiger partial charge in [-0.3, -0.25) is 4.90 Å². The second-order valence-electron chi connectivity index (χ2n) is 8.91. The van der Waals surface area contributed by atoms with Crippen LogP contribution in [0.25, 0.3) is 21.7 Å². The van der Waals surface area contributed by atoms with E-state index in [1.165, 1.54) is 21.4 Å². The number of benzene rings is 1. The Morgan fingerprint density at radius 1 is 1.19 bits per heavy atom. The van der Waals surface area contributed by atoms with Gasteiger partial charge in [-0.25, -0.2) is 9.78 Å². The van der Waals surface area contributed by atoms with Crippen LogP contribution in [0.3, 0.4) is 0 Å². The second-order valence-corrected chi connectivity index (χ2v) is 9.80. The van der Waals surface area contributed by atoms with Crippen LogP contribution in [0.1, 0.15) is 25.3 Å². The van der Waals surface area contributed by atoms with Crippen molar-refractivity contribution in [3.05, 3.63) is 23.2 Å². The minimum Gasteiger partial charge on any atom is -0.465 e. The van der Waals surface area contributed by atoms with Crippen molar-refractivity contribution in [2.75, 3.05) is 18.0 Å². The van der Waals surface area contributed by atoms with Gasteiger partial charge < -0.3 is 24.3 Å². The van der Waals surface area contributed by atoms with Gasteiger partial charge in [0.1, 0.15) is 5.01 Å². The normalized spacial score (nSPS) is 21.9. The summed E-state index contributed by atoms with van der Waals surface area (Å²) in [6, 6.07) is -0.351. The fourth-order valence-corrected chi connectivity index (χ4v) is 5.45. The number of halogens is 6. The van der Waals surface area contributed by atoms with Crippen molar-refractivity contribution in [1.82, 2.24) is 14.9 Å². The highest BCUT2D eigenvalue weighted by Gasteiger charge is 2.54. The minimum absolute atomic E-state index is 0.112. The van der Waals surface area contributed by atoms with Gasteiger partial charge in [0.15, 0.2) is 22.5 Å². The van der Waals surface area contributed by atoms with Gasteiger partial charge in [0.25, 0.3) is 6.01 Å². The molecule has 2 fully saturated rings. The van der Waals surface area contributed by atoms with Crippen LogP contribution < -0.4 is 9.64 Å². The maximum absolute atomic E-state index is 13.8. The molecule has 2 aliphatic rings. The van der Waals surface area contributed by atoms with Gasteiger partial charge in [0.05, 0.1) is 17.6 Å². The molecule has 3 aromatic rings. The predicted octanol–water partition coefficient (Wildman–Crippen LogP) is 4.95. The van der Waals surface area contributed by atoms with Gasteiger partial charge in [0.2, 0.25) is 0 Å². The third-order valence-electron chi connectivity index (χ3n) is 6.54. The van der Waals surface area contributed by atoms with Crippen molar-refractivity contribution >= 4 is 34.5 Å². The van der Waals surface area contributed by atoms with Gasteiger partial charge in [-0.05, 0) is 25.8 Å². The van der Waals surface area contributed by atoms with Crippen molar-refractivity contribution < 1.29 is 50.5 Å². The van der Waals surface area contributed by atoms with E-state index in [1.807, 2.05) is 0 Å². The first-order valence-corrected chi connectivity index (χ1v) is 11.7. The Bertz CT molecular complexity index is 1330. The number of ether oxygens (including phenoxy) is 1. The summed E-state index contributed by atoms with van der Waals surface area (Å²) in [5.74, 6) is -1.35. The average molecular weight is 552 g/mol. The predicted molar refractivity (Wildman–Crippen MR) is 116 cm³/mol. The number of alkyl halides is 6. The zero-order valence-corrected chi connectivity index (χ0v) is 19.6. The lowest BCUT2D eigenvalue weighted by atomic mass is 9.92. The largest absolute Gasteiger partial charge is 0.573 e. The SMILES string of the molecule is CC(O)(c1cc(-c2nccs2)c2oc(N3CC4CCC(C3)N4C(=O)O)nc2c1OC(F)(F)F)C(F)(F)F. The van der Waals surface area contributed by atoms with Crippen molar-refractivity contribution in [3.8, 4) is 16.3 Å². The van der Waals surface area contributed by atoms with E-state index in [9.17, 15) is 41.4 Å². The van der Waals surface area contributed by atoms with Gasteiger partial charge in [0, 0.05) is 30.2 Å². The van der Waals surface area contributed by atoms with Crippen LogP contribution in [0, 0.1) is 0 Å². The third-order valence-corrected chi connectivity index (χ3v) is 7.35. The molecule has 0 saturated carbocycles. The number of fused-ring (bicyclic) bond motifs is 3. The van der Waals surface area contributed by atoms with Crippen LogP contribution in [-0.2, 0) is 5.60 Å². The first-order valence-electron chi connectivity index (χ1n) is 10.9. The van der Waals surface area contributed by atoms with Crippen molar-refractivity contribution in [2.24, 2.45) is 0 Å². The number of rotatable bonds is 4. The Balaban J connectivity index is 1.71. The van der Waals surface area contributed by atoms with E-state index in [0.717, 1.165) is 11.3 Å². The molecule has 0 radical (unpaired) electrons. The monoisotopic (exact) mass is 552 g/mol. The summed E-state index contributed by atoms with van der Waals surface area (Å²) < 4.78 is 91.3. The zero-order chi connectivity index (χ0) is 26.9. The van der Waals surface area contributed by atoms with Crippen LogP contribution in [0.2, 0.25) is 0 Å². The fourth-order valence-electron chi connectivity index (χ4n) is 4.80. The smallest absolute Gasteiger partial charge is 0.465 e.